The summed E-state index contributed by atoms with van der Waals surface area (Å²) in [5.41, 5.74) is 0. The van der Waals surface area contributed by atoms with Crippen molar-refractivity contribution in [3.63, 3.8) is 0 Å². The molecule has 0 amide bonds. The first-order valence-corrected chi connectivity index (χ1v) is 3.26. The first-order chi connectivity index (χ1) is 8.66. The first kappa shape index (κ1) is 36.4. The molecule has 0 fully saturated rings. The van der Waals surface area contributed by atoms with Crippen molar-refractivity contribution in [2.24, 2.45) is 0 Å². The number of carbonyl (C=O) groups is 5. The number of hydrogen-bond acceptors (Lipinski definition) is 5. The Balaban J connectivity index is -0.0000000331. The van der Waals surface area contributed by atoms with Gasteiger partial charge in [-0.3, -0.25) is 0 Å². The standard InChI is InChI=1S/5CH2O3.K.H/c5*2-1(3)4;;/h5*(H2,2,3,4);;. The molecule has 0 heterocycles. The molecular weight excluding hydrogens is 339 g/mol. The summed E-state index contributed by atoms with van der Waals surface area (Å²) in [5.74, 6) is 0. The van der Waals surface area contributed by atoms with Crippen molar-refractivity contribution >= 4 is 82.2 Å². The predicted octanol–water partition coefficient (Wildman–Crippen LogP) is 0.464. The molecule has 0 saturated heterocycles. The second-order valence-corrected chi connectivity index (χ2v) is 1.41. The van der Waals surface area contributed by atoms with Gasteiger partial charge in [0.25, 0.3) is 0 Å². The average Bonchev–Trinajstić information content (AvgIpc) is 1.94. The molecule has 0 aromatic rings. The molecule has 15 nitrogen and oxygen atoms in total. The van der Waals surface area contributed by atoms with Crippen LogP contribution in [0.5, 0.6) is 0 Å². The number of carboxylic acid groups (broad SMARTS) is 10. The molecular formula is C5H11KO15. The van der Waals surface area contributed by atoms with Crippen LogP contribution in [-0.2, 0) is 0 Å². The Hall–Kier alpha value is -2.01. The van der Waals surface area contributed by atoms with E-state index in [2.05, 4.69) is 0 Å². The molecule has 0 aromatic carbocycles. The van der Waals surface area contributed by atoms with Crippen molar-refractivity contribution in [2.75, 3.05) is 0 Å². The summed E-state index contributed by atoms with van der Waals surface area (Å²) in [6, 6.07) is 0. The van der Waals surface area contributed by atoms with Gasteiger partial charge in [-0.2, -0.15) is 0 Å². The van der Waals surface area contributed by atoms with Crippen molar-refractivity contribution < 1.29 is 75.0 Å². The van der Waals surface area contributed by atoms with Gasteiger partial charge in [0, 0.05) is 0 Å². The third-order valence-electron chi connectivity index (χ3n) is 0. The second kappa shape index (κ2) is 30.8. The van der Waals surface area contributed by atoms with Gasteiger partial charge in [0.2, 0.25) is 0 Å². The van der Waals surface area contributed by atoms with Crippen LogP contribution in [0.3, 0.4) is 0 Å². The Morgan fingerprint density at radius 3 is 0.333 bits per heavy atom. The molecule has 0 aromatic heterocycles. The summed E-state index contributed by atoms with van der Waals surface area (Å²) in [4.78, 5) is 42.8. The van der Waals surface area contributed by atoms with E-state index in [4.69, 9.17) is 75.0 Å². The number of rotatable bonds is 0. The van der Waals surface area contributed by atoms with E-state index in [1.54, 1.807) is 0 Å². The molecule has 0 radical (unpaired) electrons. The normalized spacial score (nSPS) is 5.71. The molecule has 21 heavy (non-hydrogen) atoms. The minimum absolute atomic E-state index is 0. The maximum absolute atomic E-state index is 8.56. The van der Waals surface area contributed by atoms with Gasteiger partial charge in [0.1, 0.15) is 0 Å². The van der Waals surface area contributed by atoms with Crippen molar-refractivity contribution in [3.8, 4) is 0 Å². The molecule has 0 aliphatic carbocycles. The van der Waals surface area contributed by atoms with Crippen LogP contribution in [0.25, 0.3) is 0 Å². The van der Waals surface area contributed by atoms with E-state index < -0.39 is 30.8 Å². The van der Waals surface area contributed by atoms with E-state index in [1.807, 2.05) is 0 Å². The summed E-state index contributed by atoms with van der Waals surface area (Å²) >= 11 is 0. The Kier molecular flexibility index (Phi) is 53.4. The van der Waals surface area contributed by atoms with Gasteiger partial charge in [-0.05, 0) is 0 Å². The maximum atomic E-state index is 8.56. The van der Waals surface area contributed by atoms with E-state index in [1.165, 1.54) is 0 Å². The summed E-state index contributed by atoms with van der Waals surface area (Å²) in [5, 5.41) is 69.7. The fourth-order valence-electron chi connectivity index (χ4n) is 0. The zero-order valence-electron chi connectivity index (χ0n) is 9.01. The van der Waals surface area contributed by atoms with Crippen molar-refractivity contribution in [3.05, 3.63) is 0 Å². The van der Waals surface area contributed by atoms with Crippen LogP contribution in [0.15, 0.2) is 0 Å². The van der Waals surface area contributed by atoms with Gasteiger partial charge in [-0.15, -0.1) is 0 Å². The second-order valence-electron chi connectivity index (χ2n) is 1.41. The molecule has 122 valence electrons. The van der Waals surface area contributed by atoms with Crippen molar-refractivity contribution in [1.82, 2.24) is 0 Å². The van der Waals surface area contributed by atoms with Gasteiger partial charge in [-0.1, -0.05) is 0 Å². The zero-order valence-corrected chi connectivity index (χ0v) is 9.01. The molecule has 0 rings (SSSR count). The Bertz CT molecular complexity index is 207. The van der Waals surface area contributed by atoms with Crippen LogP contribution in [0, 0.1) is 0 Å². The molecule has 0 saturated carbocycles. The van der Waals surface area contributed by atoms with Gasteiger partial charge in [-0.25, -0.2) is 24.0 Å². The van der Waals surface area contributed by atoms with Crippen LogP contribution >= 0.6 is 0 Å². The van der Waals surface area contributed by atoms with Gasteiger partial charge in [0.05, 0.1) is 0 Å². The quantitative estimate of drug-likeness (QED) is 0.265. The van der Waals surface area contributed by atoms with Crippen LogP contribution < -0.4 is 0 Å². The molecule has 10 N–H and O–H groups in total. The SMILES string of the molecule is O=C(O)O.O=C(O)O.O=C(O)O.O=C(O)O.O=C(O)O.[KH]. The van der Waals surface area contributed by atoms with Crippen LogP contribution in [0.1, 0.15) is 0 Å². The molecule has 0 unspecified atom stereocenters. The Morgan fingerprint density at radius 1 is 0.333 bits per heavy atom. The van der Waals surface area contributed by atoms with Crippen molar-refractivity contribution in [1.29, 1.82) is 0 Å². The topological polar surface area (TPSA) is 288 Å². The first-order valence-electron chi connectivity index (χ1n) is 3.26. The molecule has 0 spiro atoms. The molecule has 16 heteroatoms. The average molecular weight is 350 g/mol. The Labute approximate surface area is 156 Å². The summed E-state index contributed by atoms with van der Waals surface area (Å²) < 4.78 is 0. The monoisotopic (exact) mass is 350 g/mol. The van der Waals surface area contributed by atoms with E-state index in [0.717, 1.165) is 0 Å². The fraction of sp³-hybridized carbons (Fsp3) is 0. The van der Waals surface area contributed by atoms with Gasteiger partial charge < -0.3 is 51.1 Å². The van der Waals surface area contributed by atoms with Crippen LogP contribution in [0.4, 0.5) is 24.0 Å². The minimum atomic E-state index is -1.83. The molecule has 0 aliphatic heterocycles. The Morgan fingerprint density at radius 2 is 0.333 bits per heavy atom. The van der Waals surface area contributed by atoms with E-state index in [-0.39, 0.29) is 51.4 Å². The molecule has 0 atom stereocenters. The van der Waals surface area contributed by atoms with Crippen molar-refractivity contribution in [2.45, 2.75) is 0 Å². The third kappa shape index (κ3) is 1130. The van der Waals surface area contributed by atoms with Gasteiger partial charge >= 0.3 is 82.2 Å². The van der Waals surface area contributed by atoms with E-state index >= 15 is 0 Å². The predicted molar refractivity (Wildman–Crippen MR) is 60.4 cm³/mol. The summed E-state index contributed by atoms with van der Waals surface area (Å²) in [6.07, 6.45) is -9.17. The molecule has 0 bridgehead atoms. The third-order valence-corrected chi connectivity index (χ3v) is 0. The summed E-state index contributed by atoms with van der Waals surface area (Å²) in [6.45, 7) is 0. The fourth-order valence-corrected chi connectivity index (χ4v) is 0. The number of hydrogen-bond donors (Lipinski definition) is 10. The summed E-state index contributed by atoms with van der Waals surface area (Å²) in [7, 11) is 0. The van der Waals surface area contributed by atoms with Crippen LogP contribution in [0.2, 0.25) is 0 Å². The molecule has 0 aliphatic rings. The zero-order chi connectivity index (χ0) is 17.9. The van der Waals surface area contributed by atoms with Crippen LogP contribution in [-0.4, -0.2) is 133 Å². The van der Waals surface area contributed by atoms with E-state index in [9.17, 15) is 0 Å². The van der Waals surface area contributed by atoms with Gasteiger partial charge in [0.15, 0.2) is 0 Å². The van der Waals surface area contributed by atoms with E-state index in [0.29, 0.717) is 0 Å².